The zero-order valence-electron chi connectivity index (χ0n) is 62.7. The Hall–Kier alpha value is -2.46. The Bertz CT molecular complexity index is 1950. The first-order valence-corrected chi connectivity index (χ1v) is 42.9. The predicted molar refractivity (Wildman–Crippen MR) is 395 cm³/mol. The van der Waals surface area contributed by atoms with Crippen LogP contribution < -0.4 is 0 Å². The Morgan fingerprint density at radius 1 is 0.320 bits per heavy atom. The van der Waals surface area contributed by atoms with Crippen LogP contribution in [0.15, 0.2) is 24.3 Å². The molecule has 0 amide bonds. The summed E-state index contributed by atoms with van der Waals surface area (Å²) in [5.74, 6) is -1.35. The maximum atomic E-state index is 13.1. The summed E-state index contributed by atoms with van der Waals surface area (Å²) in [5, 5.41) is 10.6. The first-order valence-electron chi connectivity index (χ1n) is 40.0. The lowest BCUT2D eigenvalue weighted by atomic mass is 10.0. The van der Waals surface area contributed by atoms with E-state index in [2.05, 4.69) is 58.9 Å². The Kier molecular flexibility index (Phi) is 68.8. The van der Waals surface area contributed by atoms with Crippen molar-refractivity contribution in [3.8, 4) is 0 Å². The van der Waals surface area contributed by atoms with Gasteiger partial charge >= 0.3 is 39.5 Å². The molecule has 0 saturated heterocycles. The minimum atomic E-state index is -4.96. The Balaban J connectivity index is 5.24. The number of unbranched alkanes of at least 4 members (excludes halogenated alkanes) is 45. The van der Waals surface area contributed by atoms with Crippen LogP contribution in [0, 0.1) is 5.92 Å². The molecule has 0 radical (unpaired) electrons. The molecule has 0 rings (SSSR count). The summed E-state index contributed by atoms with van der Waals surface area (Å²) in [6.45, 7) is 7.23. The number of aliphatic hydroxyl groups is 1. The molecule has 3 N–H and O–H groups in total. The van der Waals surface area contributed by atoms with Crippen molar-refractivity contribution in [3.63, 3.8) is 0 Å². The van der Waals surface area contributed by atoms with E-state index < -0.39 is 97.5 Å². The molecular weight excluding hydrogens is 1270 g/mol. The summed E-state index contributed by atoms with van der Waals surface area (Å²) in [6, 6.07) is 0. The van der Waals surface area contributed by atoms with Gasteiger partial charge in [0, 0.05) is 25.7 Å². The van der Waals surface area contributed by atoms with Crippen molar-refractivity contribution in [3.05, 3.63) is 24.3 Å². The zero-order valence-corrected chi connectivity index (χ0v) is 64.5. The van der Waals surface area contributed by atoms with Gasteiger partial charge in [-0.25, -0.2) is 9.13 Å². The summed E-state index contributed by atoms with van der Waals surface area (Å²) in [5.41, 5.74) is 0. The second-order valence-corrected chi connectivity index (χ2v) is 30.8. The Labute approximate surface area is 592 Å². The maximum Gasteiger partial charge on any atom is 0.472 e. The molecule has 5 atom stereocenters. The third-order valence-electron chi connectivity index (χ3n) is 17.7. The van der Waals surface area contributed by atoms with Crippen molar-refractivity contribution in [2.24, 2.45) is 5.92 Å². The van der Waals surface area contributed by atoms with Gasteiger partial charge in [-0.3, -0.25) is 37.3 Å². The van der Waals surface area contributed by atoms with E-state index in [1.165, 1.54) is 193 Å². The highest BCUT2D eigenvalue weighted by molar-refractivity contribution is 7.47. The highest BCUT2D eigenvalue weighted by Gasteiger charge is 2.30. The molecule has 17 nitrogen and oxygen atoms in total. The van der Waals surface area contributed by atoms with Crippen molar-refractivity contribution in [2.45, 2.75) is 406 Å². The van der Waals surface area contributed by atoms with Crippen LogP contribution in [0.1, 0.15) is 388 Å². The molecule has 572 valence electrons. The molecule has 0 aromatic rings. The SMILES string of the molecule is CCCCCC/C=C\C=C/CCCCCCCC(=O)O[C@H](COC(=O)CCCCCCCCCC)COP(=O)(O)OC[C@H](O)COP(=O)(O)OC[C@@H](COC(=O)CCCCCCCCCCCCCCCC(C)C)OC(=O)CCCCCCCCCCCCCCCCCCCC. The minimum absolute atomic E-state index is 0.0851. The summed E-state index contributed by atoms with van der Waals surface area (Å²) in [7, 11) is -9.92. The predicted octanol–water partition coefficient (Wildman–Crippen LogP) is 22.8. The van der Waals surface area contributed by atoms with Crippen LogP contribution in [0.5, 0.6) is 0 Å². The van der Waals surface area contributed by atoms with Crippen molar-refractivity contribution >= 4 is 39.5 Å². The van der Waals surface area contributed by atoms with E-state index in [-0.39, 0.29) is 25.7 Å². The summed E-state index contributed by atoms with van der Waals surface area (Å²) in [4.78, 5) is 72.8. The highest BCUT2D eigenvalue weighted by atomic mass is 31.2. The number of hydrogen-bond acceptors (Lipinski definition) is 15. The number of phosphoric ester groups is 2. The van der Waals surface area contributed by atoms with E-state index in [9.17, 15) is 43.2 Å². The third-order valence-corrected chi connectivity index (χ3v) is 19.6. The minimum Gasteiger partial charge on any atom is -0.462 e. The number of carbonyl (C=O) groups excluding carboxylic acids is 4. The van der Waals surface area contributed by atoms with E-state index in [0.29, 0.717) is 25.7 Å². The van der Waals surface area contributed by atoms with E-state index in [1.54, 1.807) is 0 Å². The molecule has 0 heterocycles. The Morgan fingerprint density at radius 3 is 0.845 bits per heavy atom. The Morgan fingerprint density at radius 2 is 0.557 bits per heavy atom. The number of aliphatic hydroxyl groups excluding tert-OH is 1. The van der Waals surface area contributed by atoms with Crippen LogP contribution in [0.3, 0.4) is 0 Å². The number of phosphoric acid groups is 2. The van der Waals surface area contributed by atoms with Gasteiger partial charge in [-0.2, -0.15) is 0 Å². The lowest BCUT2D eigenvalue weighted by Crippen LogP contribution is -2.30. The number of allylic oxidation sites excluding steroid dienone is 4. The van der Waals surface area contributed by atoms with Crippen molar-refractivity contribution in [2.75, 3.05) is 39.6 Å². The van der Waals surface area contributed by atoms with Crippen molar-refractivity contribution in [1.29, 1.82) is 0 Å². The number of rotatable bonds is 76. The van der Waals surface area contributed by atoms with Gasteiger partial charge in [-0.15, -0.1) is 0 Å². The summed E-state index contributed by atoms with van der Waals surface area (Å²) >= 11 is 0. The molecule has 0 aromatic heterocycles. The van der Waals surface area contributed by atoms with Gasteiger partial charge in [0.2, 0.25) is 0 Å². The van der Waals surface area contributed by atoms with Crippen molar-refractivity contribution < 1.29 is 80.2 Å². The molecule has 0 saturated carbocycles. The molecule has 2 unspecified atom stereocenters. The van der Waals surface area contributed by atoms with Crippen LogP contribution in [0.4, 0.5) is 0 Å². The second-order valence-electron chi connectivity index (χ2n) is 27.9. The molecule has 97 heavy (non-hydrogen) atoms. The van der Waals surface area contributed by atoms with E-state index in [1.807, 2.05) is 0 Å². The standard InChI is InChI=1S/C78H148O17P2/c1-6-9-12-15-18-21-23-25-27-28-29-31-35-40-44-49-54-59-64-78(83)95-74(68-89-76(81)62-57-52-47-42-38-36-32-33-37-41-45-50-55-60-71(4)5)70-93-97(86,87)91-66-72(79)65-90-96(84,85)92-69-73(67-88-75(80)61-56-51-46-20-17-14-11-8-3)94-77(82)63-58-53-48-43-39-34-30-26-24-22-19-16-13-10-7-2/h22,24,26,30,71-74,79H,6-21,23,25,27-29,31-70H2,1-5H3,(H,84,85)(H,86,87)/b24-22-,30-26-/t72-,73+,74+/m0/s1. The first-order chi connectivity index (χ1) is 47.0. The fraction of sp³-hybridized carbons (Fsp3) is 0.897. The number of esters is 4. The van der Waals surface area contributed by atoms with Crippen LogP contribution in [0.25, 0.3) is 0 Å². The highest BCUT2D eigenvalue weighted by Crippen LogP contribution is 2.45. The largest absolute Gasteiger partial charge is 0.472 e. The summed E-state index contributed by atoms with van der Waals surface area (Å²) in [6.07, 6.45) is 63.3. The normalized spacial score (nSPS) is 14.1. The monoisotopic (exact) mass is 1420 g/mol. The average Bonchev–Trinajstić information content (AvgIpc) is 3.74. The molecule has 0 fully saturated rings. The van der Waals surface area contributed by atoms with Gasteiger partial charge in [0.15, 0.2) is 12.2 Å². The van der Waals surface area contributed by atoms with E-state index >= 15 is 0 Å². The smallest absolute Gasteiger partial charge is 0.462 e. The van der Waals surface area contributed by atoms with E-state index in [4.69, 9.17) is 37.0 Å². The van der Waals surface area contributed by atoms with Gasteiger partial charge < -0.3 is 33.8 Å². The van der Waals surface area contributed by atoms with Gasteiger partial charge in [0.1, 0.15) is 19.3 Å². The number of ether oxygens (including phenoxy) is 4. The molecule has 0 aromatic carbocycles. The summed E-state index contributed by atoms with van der Waals surface area (Å²) < 4.78 is 68.5. The molecule has 19 heteroatoms. The second kappa shape index (κ2) is 70.6. The van der Waals surface area contributed by atoms with Crippen LogP contribution >= 0.6 is 15.6 Å². The molecule has 0 aliphatic rings. The average molecular weight is 1420 g/mol. The lowest BCUT2D eigenvalue weighted by Gasteiger charge is -2.21. The molecule has 0 bridgehead atoms. The third kappa shape index (κ3) is 71.7. The first kappa shape index (κ1) is 94.5. The lowest BCUT2D eigenvalue weighted by molar-refractivity contribution is -0.161. The van der Waals surface area contributed by atoms with E-state index in [0.717, 1.165) is 115 Å². The van der Waals surface area contributed by atoms with Gasteiger partial charge in [-0.05, 0) is 57.3 Å². The number of hydrogen-bond donors (Lipinski definition) is 3. The quantitative estimate of drug-likeness (QED) is 0.0169. The van der Waals surface area contributed by atoms with Crippen LogP contribution in [-0.4, -0.2) is 96.7 Å². The number of carbonyl (C=O) groups is 4. The zero-order chi connectivity index (χ0) is 71.2. The molecule has 0 aliphatic carbocycles. The van der Waals surface area contributed by atoms with Gasteiger partial charge in [-0.1, -0.05) is 335 Å². The fourth-order valence-electron chi connectivity index (χ4n) is 11.5. The molecular formula is C78H148O17P2. The van der Waals surface area contributed by atoms with Crippen molar-refractivity contribution in [1.82, 2.24) is 0 Å². The topological polar surface area (TPSA) is 237 Å². The fourth-order valence-corrected chi connectivity index (χ4v) is 13.1. The van der Waals surface area contributed by atoms with Crippen LogP contribution in [0.2, 0.25) is 0 Å². The van der Waals surface area contributed by atoms with Crippen LogP contribution in [-0.2, 0) is 65.4 Å². The molecule has 0 aliphatic heterocycles. The van der Waals surface area contributed by atoms with Gasteiger partial charge in [0.05, 0.1) is 26.4 Å². The van der Waals surface area contributed by atoms with Gasteiger partial charge in [0.25, 0.3) is 0 Å². The molecule has 0 spiro atoms. The maximum absolute atomic E-state index is 13.1.